The predicted molar refractivity (Wildman–Crippen MR) is 157 cm³/mol. The van der Waals surface area contributed by atoms with Crippen LogP contribution in [0, 0.1) is 17.1 Å². The summed E-state index contributed by atoms with van der Waals surface area (Å²) in [5, 5.41) is 9.32. The van der Waals surface area contributed by atoms with Crippen molar-refractivity contribution >= 4 is 39.8 Å². The first-order valence-corrected chi connectivity index (χ1v) is 13.9. The van der Waals surface area contributed by atoms with E-state index in [4.69, 9.17) is 17.7 Å². The van der Waals surface area contributed by atoms with Gasteiger partial charge in [-0.1, -0.05) is 35.9 Å². The number of fused-ring (bicyclic) bond motifs is 5. The van der Waals surface area contributed by atoms with Gasteiger partial charge in [0.15, 0.2) is 5.82 Å². The first-order chi connectivity index (χ1) is 21.4. The lowest BCUT2D eigenvalue weighted by molar-refractivity contribution is -0.137. The molecule has 0 radical (unpaired) electrons. The fraction of sp³-hybridized carbons (Fsp3) is 0.290. The number of aromatic nitrogens is 2. The predicted octanol–water partition coefficient (Wildman–Crippen LogP) is 6.07. The lowest BCUT2D eigenvalue weighted by Crippen LogP contribution is -2.65. The van der Waals surface area contributed by atoms with Crippen LogP contribution in [0.2, 0.25) is 5.02 Å². The number of methoxy groups -OCH3 is 1. The second kappa shape index (κ2) is 11.2. The quantitative estimate of drug-likeness (QED) is 0.249. The van der Waals surface area contributed by atoms with Crippen LogP contribution in [0.15, 0.2) is 54.9 Å². The molecule has 0 saturated carbocycles. The largest absolute Gasteiger partial charge is 0.497 e. The van der Waals surface area contributed by atoms with Crippen molar-refractivity contribution < 1.29 is 28.5 Å². The molecule has 0 N–H and O–H groups in total. The van der Waals surface area contributed by atoms with Crippen molar-refractivity contribution in [3.63, 3.8) is 0 Å². The number of rotatable bonds is 5. The van der Waals surface area contributed by atoms with E-state index in [1.165, 1.54) is 23.4 Å². The van der Waals surface area contributed by atoms with Gasteiger partial charge in [0, 0.05) is 51.2 Å². The van der Waals surface area contributed by atoms with E-state index in [1.54, 1.807) is 31.2 Å². The van der Waals surface area contributed by atoms with E-state index in [9.17, 15) is 23.2 Å². The van der Waals surface area contributed by atoms with Crippen molar-refractivity contribution in [1.29, 1.82) is 5.26 Å². The molecule has 2 aromatic carbocycles. The second-order valence-corrected chi connectivity index (χ2v) is 10.9. The van der Waals surface area contributed by atoms with E-state index < -0.39 is 52.3 Å². The monoisotopic (exact) mass is 625 g/mol. The minimum Gasteiger partial charge on any atom is -0.497 e. The van der Waals surface area contributed by atoms with Gasteiger partial charge in [-0.2, -0.15) is 18.4 Å². The molecule has 1 fully saturated rings. The molecular weight excluding hydrogens is 600 g/mol. The third kappa shape index (κ3) is 4.96. The van der Waals surface area contributed by atoms with Crippen LogP contribution in [0.25, 0.3) is 22.2 Å². The summed E-state index contributed by atoms with van der Waals surface area (Å²) in [4.78, 5) is 27.0. The minimum atomic E-state index is -4.87. The zero-order chi connectivity index (χ0) is 32.2. The van der Waals surface area contributed by atoms with Gasteiger partial charge in [-0.05, 0) is 23.8 Å². The number of halogens is 5. The molecule has 226 valence electrons. The molecule has 3 unspecified atom stereocenters. The summed E-state index contributed by atoms with van der Waals surface area (Å²) < 4.78 is 71.6. The Labute approximate surface area is 256 Å². The Morgan fingerprint density at radius 1 is 1.16 bits per heavy atom. The molecule has 0 spiro atoms. The van der Waals surface area contributed by atoms with Crippen molar-refractivity contribution in [2.75, 3.05) is 37.0 Å². The Morgan fingerprint density at radius 2 is 1.91 bits per heavy atom. The van der Waals surface area contributed by atoms with Crippen LogP contribution in [0.1, 0.15) is 18.9 Å². The van der Waals surface area contributed by atoms with Gasteiger partial charge in [0.1, 0.15) is 23.0 Å². The summed E-state index contributed by atoms with van der Waals surface area (Å²) in [6.07, 6.45) is -3.52. The number of carbonyl (C=O) groups is 1. The van der Waals surface area contributed by atoms with Crippen molar-refractivity contribution in [2.45, 2.75) is 31.2 Å². The van der Waals surface area contributed by atoms with Gasteiger partial charge in [-0.25, -0.2) is 4.39 Å². The van der Waals surface area contributed by atoms with E-state index in [-0.39, 0.29) is 29.9 Å². The maximum atomic E-state index is 16.1. The molecule has 44 heavy (non-hydrogen) atoms. The molecule has 13 heteroatoms. The minimum absolute atomic E-state index is 0.0735. The Bertz CT molecular complexity index is 1850. The molecule has 0 aliphatic carbocycles. The van der Waals surface area contributed by atoms with Gasteiger partial charge in [-0.3, -0.25) is 19.7 Å². The normalized spacial score (nSPS) is 19.7. The number of nitriles is 1. The fourth-order valence-electron chi connectivity index (χ4n) is 5.94. The molecule has 2 aliphatic rings. The molecule has 8 nitrogen and oxygen atoms in total. The summed E-state index contributed by atoms with van der Waals surface area (Å²) in [5.74, 6) is -0.672. The number of carbonyl (C=O) groups excluding carboxylic acids is 1. The number of ether oxygens (including phenoxy) is 1. The molecule has 0 bridgehead atoms. The van der Waals surface area contributed by atoms with E-state index in [1.807, 2.05) is 23.1 Å². The Kier molecular flexibility index (Phi) is 7.22. The summed E-state index contributed by atoms with van der Waals surface area (Å²) in [7, 11) is 3.12. The maximum absolute atomic E-state index is 16.1. The highest BCUT2D eigenvalue weighted by Gasteiger charge is 2.45. The number of amides is 1. The van der Waals surface area contributed by atoms with Crippen LogP contribution in [-0.4, -0.2) is 60.1 Å². The molecular formula is C31H25ClF4N6O2. The highest BCUT2D eigenvalue weighted by molar-refractivity contribution is 6.31. The highest BCUT2D eigenvalue weighted by Crippen LogP contribution is 2.45. The molecule has 3 atom stereocenters. The van der Waals surface area contributed by atoms with Gasteiger partial charge in [0.2, 0.25) is 0 Å². The summed E-state index contributed by atoms with van der Waals surface area (Å²) in [6.45, 7) is 0.591. The number of hydrogen-bond donors (Lipinski definition) is 0. The van der Waals surface area contributed by atoms with Crippen LogP contribution in [0.3, 0.4) is 0 Å². The first kappa shape index (κ1) is 28.3. The maximum Gasteiger partial charge on any atom is 0.418 e. The smallest absolute Gasteiger partial charge is 0.418 e. The molecule has 2 aromatic heterocycles. The third-order valence-electron chi connectivity index (χ3n) is 8.07. The van der Waals surface area contributed by atoms with Gasteiger partial charge >= 0.3 is 6.18 Å². The number of pyridine rings is 2. The van der Waals surface area contributed by atoms with Crippen LogP contribution in [0.5, 0.6) is 5.75 Å². The zero-order valence-electron chi connectivity index (χ0n) is 24.4. The van der Waals surface area contributed by atoms with Crippen molar-refractivity contribution in [3.8, 4) is 23.1 Å². The number of likely N-dealkylation sites (N-methyl/N-ethyl adjacent to an activating group) is 1. The summed E-state index contributed by atoms with van der Waals surface area (Å²) >= 11 is 5.89. The Hall–Kier alpha value is -4.47. The van der Waals surface area contributed by atoms with Crippen LogP contribution in [-0.2, 0) is 17.5 Å². The van der Waals surface area contributed by atoms with Crippen LogP contribution in [0.4, 0.5) is 28.9 Å². The number of hydrogen-bond acceptors (Lipinski definition) is 7. The SMILES string of the molecule is [2H]C(C#N)C1CN2c3c(cnc4c(F)c(-c5cccc(Cl)c5C(F)(F)F)ncc34)N(C)C(=O)C2CN1Cc1ccc(OC)cc1. The van der Waals surface area contributed by atoms with Crippen molar-refractivity contribution in [1.82, 2.24) is 14.9 Å². The van der Waals surface area contributed by atoms with E-state index in [0.717, 1.165) is 17.7 Å². The molecule has 6 rings (SSSR count). The molecule has 1 saturated heterocycles. The van der Waals surface area contributed by atoms with Gasteiger partial charge in [0.05, 0.1) is 47.7 Å². The van der Waals surface area contributed by atoms with Crippen LogP contribution >= 0.6 is 11.6 Å². The van der Waals surface area contributed by atoms with Crippen molar-refractivity contribution in [2.24, 2.45) is 0 Å². The number of alkyl halides is 3. The van der Waals surface area contributed by atoms with E-state index in [0.29, 0.717) is 23.7 Å². The zero-order valence-corrected chi connectivity index (χ0v) is 24.2. The third-order valence-corrected chi connectivity index (χ3v) is 8.39. The Morgan fingerprint density at radius 3 is 2.59 bits per heavy atom. The number of nitrogens with zero attached hydrogens (tertiary/aromatic N) is 6. The lowest BCUT2D eigenvalue weighted by Gasteiger charge is -2.50. The molecule has 4 heterocycles. The fourth-order valence-corrected chi connectivity index (χ4v) is 6.22. The number of anilines is 2. The Balaban J connectivity index is 1.45. The van der Waals surface area contributed by atoms with Gasteiger partial charge in [0.25, 0.3) is 5.91 Å². The lowest BCUT2D eigenvalue weighted by atomic mass is 9.96. The number of benzene rings is 2. The standard InChI is InChI=1S/C31H25ClF4N6O2/c1-40-23-13-39-28-21(12-38-27(26(28)33)20-4-3-5-22(32)25(20)31(34,35)36)29(23)42-15-18(10-11-37)41(16-24(42)30(40)43)14-17-6-8-19(44-2)9-7-17/h3-9,12-13,18,24H,10,14-16H2,1-2H3/i10D. The summed E-state index contributed by atoms with van der Waals surface area (Å²) in [5.41, 5.74) is -0.924. The highest BCUT2D eigenvalue weighted by atomic mass is 35.5. The van der Waals surface area contributed by atoms with Gasteiger partial charge in [-0.15, -0.1) is 0 Å². The molecule has 1 amide bonds. The first-order valence-electron chi connectivity index (χ1n) is 14.1. The molecule has 4 aromatic rings. The van der Waals surface area contributed by atoms with Gasteiger partial charge < -0.3 is 14.5 Å². The summed E-state index contributed by atoms with van der Waals surface area (Å²) in [6, 6.07) is 11.4. The second-order valence-electron chi connectivity index (χ2n) is 10.5. The van der Waals surface area contributed by atoms with Crippen molar-refractivity contribution in [3.05, 3.63) is 76.8 Å². The average Bonchev–Trinajstić information content (AvgIpc) is 3.02. The molecule has 2 aliphatic heterocycles. The van der Waals surface area contributed by atoms with E-state index in [2.05, 4.69) is 9.97 Å². The number of piperazine rings is 1. The van der Waals surface area contributed by atoms with Crippen LogP contribution < -0.4 is 14.5 Å². The average molecular weight is 626 g/mol. The van der Waals surface area contributed by atoms with E-state index >= 15 is 4.39 Å². The topological polar surface area (TPSA) is 85.6 Å².